The number of ether oxygens (including phenoxy) is 2. The van der Waals surface area contributed by atoms with E-state index >= 15 is 0 Å². The average molecular weight is 323 g/mol. The van der Waals surface area contributed by atoms with Gasteiger partial charge in [-0.3, -0.25) is 4.90 Å². The van der Waals surface area contributed by atoms with Crippen LogP contribution in [0.25, 0.3) is 0 Å². The Kier molecular flexibility index (Phi) is 7.14. The van der Waals surface area contributed by atoms with Crippen molar-refractivity contribution in [3.8, 4) is 11.5 Å². The molecule has 0 spiro atoms. The van der Waals surface area contributed by atoms with Gasteiger partial charge in [-0.25, -0.2) is 0 Å². The normalized spacial score (nSPS) is 19.2. The summed E-state index contributed by atoms with van der Waals surface area (Å²) in [6.07, 6.45) is 0. The van der Waals surface area contributed by atoms with Crippen molar-refractivity contribution in [1.29, 1.82) is 0 Å². The number of piperazine rings is 1. The van der Waals surface area contributed by atoms with E-state index in [0.717, 1.165) is 31.7 Å². The highest BCUT2D eigenvalue weighted by Gasteiger charge is 2.17. The molecule has 1 fully saturated rings. The second kappa shape index (κ2) is 8.36. The maximum Gasteiger partial charge on any atom is 0.387 e. The quantitative estimate of drug-likeness (QED) is 0.903. The lowest BCUT2D eigenvalue weighted by Crippen LogP contribution is -2.48. The fourth-order valence-electron chi connectivity index (χ4n) is 2.42. The van der Waals surface area contributed by atoms with E-state index in [-0.39, 0.29) is 18.2 Å². The molecule has 0 bridgehead atoms. The van der Waals surface area contributed by atoms with Crippen LogP contribution in [-0.4, -0.2) is 44.3 Å². The first-order valence-electron chi connectivity index (χ1n) is 6.66. The number of benzene rings is 1. The van der Waals surface area contributed by atoms with Gasteiger partial charge in [-0.15, -0.1) is 12.4 Å². The highest BCUT2D eigenvalue weighted by molar-refractivity contribution is 5.85. The molecule has 1 aliphatic heterocycles. The molecule has 0 radical (unpaired) electrons. The van der Waals surface area contributed by atoms with Crippen LogP contribution in [0.15, 0.2) is 18.2 Å². The van der Waals surface area contributed by atoms with Crippen LogP contribution in [-0.2, 0) is 6.54 Å². The molecule has 1 atom stereocenters. The van der Waals surface area contributed by atoms with E-state index in [0.29, 0.717) is 11.8 Å². The van der Waals surface area contributed by atoms with E-state index in [1.807, 2.05) is 6.07 Å². The number of alkyl halides is 2. The van der Waals surface area contributed by atoms with Crippen molar-refractivity contribution in [3.63, 3.8) is 0 Å². The van der Waals surface area contributed by atoms with Crippen LogP contribution in [0.5, 0.6) is 11.5 Å². The molecular formula is C14H21ClF2N2O2. The van der Waals surface area contributed by atoms with Crippen LogP contribution in [0, 0.1) is 0 Å². The van der Waals surface area contributed by atoms with Gasteiger partial charge in [-0.1, -0.05) is 6.07 Å². The predicted molar refractivity (Wildman–Crippen MR) is 79.6 cm³/mol. The Morgan fingerprint density at radius 3 is 2.76 bits per heavy atom. The Balaban J connectivity index is 0.00000220. The van der Waals surface area contributed by atoms with Crippen LogP contribution in [0.4, 0.5) is 8.78 Å². The molecule has 2 rings (SSSR count). The van der Waals surface area contributed by atoms with Crippen molar-refractivity contribution >= 4 is 12.4 Å². The van der Waals surface area contributed by atoms with Gasteiger partial charge in [-0.2, -0.15) is 8.78 Å². The van der Waals surface area contributed by atoms with Crippen LogP contribution in [0.3, 0.4) is 0 Å². The molecule has 1 saturated heterocycles. The summed E-state index contributed by atoms with van der Waals surface area (Å²) < 4.78 is 34.3. The average Bonchev–Trinajstić information content (AvgIpc) is 2.38. The van der Waals surface area contributed by atoms with Gasteiger partial charge >= 0.3 is 6.61 Å². The molecule has 7 heteroatoms. The van der Waals surface area contributed by atoms with Gasteiger partial charge in [0, 0.05) is 32.2 Å². The van der Waals surface area contributed by atoms with Gasteiger partial charge in [-0.05, 0) is 24.6 Å². The lowest BCUT2D eigenvalue weighted by Gasteiger charge is -2.31. The van der Waals surface area contributed by atoms with E-state index in [1.165, 1.54) is 7.11 Å². The number of nitrogens with one attached hydrogen (secondary N) is 1. The Hall–Kier alpha value is -1.11. The Bertz CT molecular complexity index is 449. The minimum atomic E-state index is -2.85. The first-order valence-corrected chi connectivity index (χ1v) is 6.66. The summed E-state index contributed by atoms with van der Waals surface area (Å²) in [6, 6.07) is 5.61. The fraction of sp³-hybridized carbons (Fsp3) is 0.571. The van der Waals surface area contributed by atoms with E-state index in [4.69, 9.17) is 4.74 Å². The number of hydrogen-bond donors (Lipinski definition) is 1. The molecule has 0 unspecified atom stereocenters. The van der Waals surface area contributed by atoms with E-state index in [2.05, 4.69) is 21.9 Å². The third-order valence-electron chi connectivity index (χ3n) is 3.30. The highest BCUT2D eigenvalue weighted by Crippen LogP contribution is 2.30. The lowest BCUT2D eigenvalue weighted by atomic mass is 10.1. The minimum absolute atomic E-state index is 0. The van der Waals surface area contributed by atoms with Crippen molar-refractivity contribution in [2.45, 2.75) is 26.1 Å². The smallest absolute Gasteiger partial charge is 0.387 e. The maximum atomic E-state index is 12.4. The summed E-state index contributed by atoms with van der Waals surface area (Å²) in [5.41, 5.74) is 0.940. The van der Waals surface area contributed by atoms with E-state index in [1.54, 1.807) is 12.1 Å². The fourth-order valence-corrected chi connectivity index (χ4v) is 2.42. The second-order valence-corrected chi connectivity index (χ2v) is 4.95. The molecule has 0 saturated carbocycles. The zero-order chi connectivity index (χ0) is 14.5. The maximum absolute atomic E-state index is 12.4. The predicted octanol–water partition coefficient (Wildman–Crippen LogP) is 2.51. The van der Waals surface area contributed by atoms with Gasteiger partial charge in [0.1, 0.15) is 0 Å². The summed E-state index contributed by atoms with van der Waals surface area (Å²) >= 11 is 0. The number of methoxy groups -OCH3 is 1. The van der Waals surface area contributed by atoms with Crippen molar-refractivity contribution in [1.82, 2.24) is 10.2 Å². The standard InChI is InChI=1S/C14H20F2N2O2.ClH/c1-10-8-18(6-5-17-10)9-11-3-4-12(19-2)13(7-11)20-14(15)16;/h3-4,7,10,14,17H,5-6,8-9H2,1-2H3;1H/t10-;/m0./s1. The molecule has 0 aromatic heterocycles. The Morgan fingerprint density at radius 2 is 2.14 bits per heavy atom. The summed E-state index contributed by atoms with van der Waals surface area (Å²) in [4.78, 5) is 2.29. The Morgan fingerprint density at radius 1 is 1.38 bits per heavy atom. The summed E-state index contributed by atoms with van der Waals surface area (Å²) in [7, 11) is 1.44. The van der Waals surface area contributed by atoms with E-state index in [9.17, 15) is 8.78 Å². The molecule has 1 N–H and O–H groups in total. The van der Waals surface area contributed by atoms with Crippen LogP contribution >= 0.6 is 12.4 Å². The molecule has 1 heterocycles. The molecule has 120 valence electrons. The highest BCUT2D eigenvalue weighted by atomic mass is 35.5. The first kappa shape index (κ1) is 17.9. The van der Waals surface area contributed by atoms with Gasteiger partial charge in [0.2, 0.25) is 0 Å². The number of halogens is 3. The second-order valence-electron chi connectivity index (χ2n) is 4.95. The number of rotatable bonds is 5. The number of hydrogen-bond acceptors (Lipinski definition) is 4. The molecule has 0 amide bonds. The molecule has 1 aliphatic rings. The summed E-state index contributed by atoms with van der Waals surface area (Å²) in [6.45, 7) is 2.83. The molecular weight excluding hydrogens is 302 g/mol. The summed E-state index contributed by atoms with van der Waals surface area (Å²) in [5.74, 6) is 0.408. The van der Waals surface area contributed by atoms with Crippen LogP contribution < -0.4 is 14.8 Å². The largest absolute Gasteiger partial charge is 0.493 e. The van der Waals surface area contributed by atoms with Gasteiger partial charge < -0.3 is 14.8 Å². The third-order valence-corrected chi connectivity index (χ3v) is 3.30. The molecule has 0 aliphatic carbocycles. The lowest BCUT2D eigenvalue weighted by molar-refractivity contribution is -0.0512. The van der Waals surface area contributed by atoms with Gasteiger partial charge in [0.15, 0.2) is 11.5 Å². The SMILES string of the molecule is COc1ccc(CN2CCN[C@@H](C)C2)cc1OC(F)F.Cl. The van der Waals surface area contributed by atoms with Crippen LogP contribution in [0.1, 0.15) is 12.5 Å². The van der Waals surface area contributed by atoms with Gasteiger partial charge in [0.25, 0.3) is 0 Å². The van der Waals surface area contributed by atoms with Crippen molar-refractivity contribution in [2.75, 3.05) is 26.7 Å². The molecule has 1 aromatic carbocycles. The topological polar surface area (TPSA) is 33.7 Å². The van der Waals surface area contributed by atoms with Crippen molar-refractivity contribution in [2.24, 2.45) is 0 Å². The summed E-state index contributed by atoms with van der Waals surface area (Å²) in [5, 5.41) is 3.37. The minimum Gasteiger partial charge on any atom is -0.493 e. The zero-order valence-corrected chi connectivity index (χ0v) is 13.0. The molecule has 1 aromatic rings. The van der Waals surface area contributed by atoms with Crippen LogP contribution in [0.2, 0.25) is 0 Å². The molecule has 4 nitrogen and oxygen atoms in total. The van der Waals surface area contributed by atoms with Crippen molar-refractivity contribution < 1.29 is 18.3 Å². The molecule has 21 heavy (non-hydrogen) atoms. The van der Waals surface area contributed by atoms with E-state index < -0.39 is 6.61 Å². The first-order chi connectivity index (χ1) is 9.58. The third kappa shape index (κ3) is 5.30. The van der Waals surface area contributed by atoms with Gasteiger partial charge in [0.05, 0.1) is 7.11 Å². The Labute approximate surface area is 129 Å². The monoisotopic (exact) mass is 322 g/mol. The zero-order valence-electron chi connectivity index (χ0n) is 12.1. The number of nitrogens with zero attached hydrogens (tertiary/aromatic N) is 1. The van der Waals surface area contributed by atoms with Crippen molar-refractivity contribution in [3.05, 3.63) is 23.8 Å².